The summed E-state index contributed by atoms with van der Waals surface area (Å²) in [5, 5.41) is 7.41. The maximum atomic E-state index is 4.44. The first-order valence-electron chi connectivity index (χ1n) is 18.3. The number of benzene rings is 8. The van der Waals surface area contributed by atoms with Crippen LogP contribution < -0.4 is 0 Å². The first-order valence-corrected chi connectivity index (χ1v) is 18.3. The SMILES string of the molecule is C=Cc1c(C=C)c(-c2ccc(C(C)(C)c3ccccc3)c3ccccc23)c2ccccc2c1-c1ccc(C(C)(C)c2ccccc2)c2ccccc12. The average molecular weight is 669 g/mol. The molecule has 0 bridgehead atoms. The third-order valence-corrected chi connectivity index (χ3v) is 11.4. The van der Waals surface area contributed by atoms with E-state index in [1.54, 1.807) is 0 Å². The Labute approximate surface area is 308 Å². The Kier molecular flexibility index (Phi) is 8.27. The molecule has 8 aromatic rings. The monoisotopic (exact) mass is 668 g/mol. The quantitative estimate of drug-likeness (QED) is 0.151. The van der Waals surface area contributed by atoms with Crippen LogP contribution in [0.2, 0.25) is 0 Å². The minimum absolute atomic E-state index is 0.179. The topological polar surface area (TPSA) is 0 Å². The van der Waals surface area contributed by atoms with Crippen LogP contribution in [0.15, 0.2) is 171 Å². The molecule has 0 nitrogen and oxygen atoms in total. The van der Waals surface area contributed by atoms with Gasteiger partial charge in [0, 0.05) is 10.8 Å². The maximum absolute atomic E-state index is 4.44. The summed E-state index contributed by atoms with van der Waals surface area (Å²) in [7, 11) is 0. The molecule has 52 heavy (non-hydrogen) atoms. The average Bonchev–Trinajstić information content (AvgIpc) is 3.19. The lowest BCUT2D eigenvalue weighted by molar-refractivity contribution is 0.647. The molecule has 0 aromatic heterocycles. The van der Waals surface area contributed by atoms with Crippen LogP contribution in [0.3, 0.4) is 0 Å². The predicted molar refractivity (Wildman–Crippen MR) is 227 cm³/mol. The molecule has 252 valence electrons. The van der Waals surface area contributed by atoms with Crippen LogP contribution in [-0.2, 0) is 10.8 Å². The molecule has 0 saturated heterocycles. The Morgan fingerprint density at radius 1 is 0.346 bits per heavy atom. The van der Waals surface area contributed by atoms with E-state index in [1.165, 1.54) is 76.8 Å². The number of rotatable bonds is 8. The zero-order chi connectivity index (χ0) is 36.0. The second kappa shape index (κ2) is 13.0. The van der Waals surface area contributed by atoms with Crippen molar-refractivity contribution in [1.82, 2.24) is 0 Å². The third kappa shape index (κ3) is 5.21. The van der Waals surface area contributed by atoms with Gasteiger partial charge in [-0.2, -0.15) is 0 Å². The molecule has 0 heterocycles. The van der Waals surface area contributed by atoms with Gasteiger partial charge in [-0.25, -0.2) is 0 Å². The maximum Gasteiger partial charge on any atom is 0.0152 e. The van der Waals surface area contributed by atoms with Crippen LogP contribution in [0.1, 0.15) is 61.1 Å². The van der Waals surface area contributed by atoms with Crippen molar-refractivity contribution < 1.29 is 0 Å². The van der Waals surface area contributed by atoms with Crippen LogP contribution in [0.25, 0.3) is 66.7 Å². The number of fused-ring (bicyclic) bond motifs is 3. The van der Waals surface area contributed by atoms with E-state index in [1.807, 2.05) is 12.2 Å². The smallest absolute Gasteiger partial charge is 0.0152 e. The highest BCUT2D eigenvalue weighted by atomic mass is 14.3. The van der Waals surface area contributed by atoms with Crippen LogP contribution in [0, 0.1) is 0 Å². The Bertz CT molecular complexity index is 2450. The van der Waals surface area contributed by atoms with Gasteiger partial charge in [-0.3, -0.25) is 0 Å². The van der Waals surface area contributed by atoms with Gasteiger partial charge < -0.3 is 0 Å². The van der Waals surface area contributed by atoms with Crippen molar-refractivity contribution in [2.75, 3.05) is 0 Å². The molecule has 0 aliphatic heterocycles. The Morgan fingerprint density at radius 2 is 0.654 bits per heavy atom. The van der Waals surface area contributed by atoms with Gasteiger partial charge >= 0.3 is 0 Å². The van der Waals surface area contributed by atoms with E-state index < -0.39 is 0 Å². The molecule has 0 unspecified atom stereocenters. The van der Waals surface area contributed by atoms with Gasteiger partial charge in [-0.1, -0.05) is 211 Å². The summed E-state index contributed by atoms with van der Waals surface area (Å²) in [5.74, 6) is 0. The number of hydrogen-bond donors (Lipinski definition) is 0. The van der Waals surface area contributed by atoms with Gasteiger partial charge in [-0.05, 0) is 88.0 Å². The van der Waals surface area contributed by atoms with E-state index in [9.17, 15) is 0 Å². The molecule has 0 fully saturated rings. The first-order chi connectivity index (χ1) is 25.3. The zero-order valence-electron chi connectivity index (χ0n) is 30.6. The van der Waals surface area contributed by atoms with Crippen LogP contribution in [0.4, 0.5) is 0 Å². The third-order valence-electron chi connectivity index (χ3n) is 11.4. The van der Waals surface area contributed by atoms with Gasteiger partial charge in [0.2, 0.25) is 0 Å². The summed E-state index contributed by atoms with van der Waals surface area (Å²) < 4.78 is 0. The molecule has 8 rings (SSSR count). The molecule has 0 aliphatic carbocycles. The fraction of sp³-hybridized carbons (Fsp3) is 0.115. The molecule has 0 radical (unpaired) electrons. The second-order valence-corrected chi connectivity index (χ2v) is 14.9. The summed E-state index contributed by atoms with van der Waals surface area (Å²) in [4.78, 5) is 0. The highest BCUT2D eigenvalue weighted by Gasteiger charge is 2.29. The summed E-state index contributed by atoms with van der Waals surface area (Å²) in [6.45, 7) is 18.2. The van der Waals surface area contributed by atoms with Crippen molar-refractivity contribution in [3.8, 4) is 22.3 Å². The van der Waals surface area contributed by atoms with Crippen LogP contribution >= 0.6 is 0 Å². The van der Waals surface area contributed by atoms with Crippen molar-refractivity contribution in [1.29, 1.82) is 0 Å². The minimum atomic E-state index is -0.179. The molecule has 0 amide bonds. The van der Waals surface area contributed by atoms with E-state index in [0.29, 0.717) is 0 Å². The largest absolute Gasteiger partial charge is 0.0984 e. The fourth-order valence-electron chi connectivity index (χ4n) is 8.63. The van der Waals surface area contributed by atoms with Gasteiger partial charge in [0.05, 0.1) is 0 Å². The van der Waals surface area contributed by atoms with Gasteiger partial charge in [0.25, 0.3) is 0 Å². The normalized spacial score (nSPS) is 12.0. The second-order valence-electron chi connectivity index (χ2n) is 14.9. The molecule has 0 heteroatoms. The zero-order valence-corrected chi connectivity index (χ0v) is 30.6. The molecule has 0 saturated carbocycles. The van der Waals surface area contributed by atoms with E-state index >= 15 is 0 Å². The highest BCUT2D eigenvalue weighted by Crippen LogP contribution is 2.49. The lowest BCUT2D eigenvalue weighted by atomic mass is 9.74. The van der Waals surface area contributed by atoms with Crippen LogP contribution in [0.5, 0.6) is 0 Å². The number of hydrogen-bond acceptors (Lipinski definition) is 0. The first kappa shape index (κ1) is 33.2. The van der Waals surface area contributed by atoms with Gasteiger partial charge in [0.15, 0.2) is 0 Å². The van der Waals surface area contributed by atoms with Crippen LogP contribution in [-0.4, -0.2) is 0 Å². The van der Waals surface area contributed by atoms with Crippen molar-refractivity contribution in [2.45, 2.75) is 38.5 Å². The van der Waals surface area contributed by atoms with Gasteiger partial charge in [-0.15, -0.1) is 0 Å². The summed E-state index contributed by atoms with van der Waals surface area (Å²) in [6, 6.07) is 57.6. The van der Waals surface area contributed by atoms with E-state index in [4.69, 9.17) is 0 Å². The molecular formula is C52H44. The van der Waals surface area contributed by atoms with Crippen molar-refractivity contribution in [3.05, 3.63) is 204 Å². The molecule has 0 spiro atoms. The lowest BCUT2D eigenvalue weighted by Gasteiger charge is -2.29. The van der Waals surface area contributed by atoms with Crippen molar-refractivity contribution in [3.63, 3.8) is 0 Å². The van der Waals surface area contributed by atoms with Crippen molar-refractivity contribution >= 4 is 44.5 Å². The Hall–Kier alpha value is -5.98. The van der Waals surface area contributed by atoms with Gasteiger partial charge in [0.1, 0.15) is 0 Å². The van der Waals surface area contributed by atoms with Crippen molar-refractivity contribution in [2.24, 2.45) is 0 Å². The predicted octanol–water partition coefficient (Wildman–Crippen LogP) is 14.4. The molecular weight excluding hydrogens is 625 g/mol. The standard InChI is InChI=1S/C52H44/c1-7-37-38(8-2)50(46-32-34-48(42-28-18-16-26-40(42)46)52(5,6)36-23-13-10-14-24-36)44-30-20-19-29-43(44)49(37)45-31-33-47(41-27-17-15-25-39(41)45)51(3,4)35-21-11-9-12-22-35/h7-34H,1-2H2,3-6H3. The lowest BCUT2D eigenvalue weighted by Crippen LogP contribution is -2.19. The highest BCUT2D eigenvalue weighted by molar-refractivity contribution is 6.17. The fourth-order valence-corrected chi connectivity index (χ4v) is 8.63. The minimum Gasteiger partial charge on any atom is -0.0984 e. The summed E-state index contributed by atoms with van der Waals surface area (Å²) in [5.41, 5.74) is 11.9. The van der Waals surface area contributed by atoms with E-state index in [2.05, 4.69) is 199 Å². The summed E-state index contributed by atoms with van der Waals surface area (Å²) in [6.07, 6.45) is 4.07. The van der Waals surface area contributed by atoms with E-state index in [-0.39, 0.29) is 10.8 Å². The van der Waals surface area contributed by atoms with E-state index in [0.717, 1.165) is 11.1 Å². The molecule has 0 aliphatic rings. The summed E-state index contributed by atoms with van der Waals surface area (Å²) >= 11 is 0. The molecule has 0 atom stereocenters. The Morgan fingerprint density at radius 3 is 1.00 bits per heavy atom. The molecule has 8 aromatic carbocycles. The molecule has 0 N–H and O–H groups in total. The Balaban J connectivity index is 1.41.